The van der Waals surface area contributed by atoms with Crippen LogP contribution in [0.25, 0.3) is 10.9 Å². The summed E-state index contributed by atoms with van der Waals surface area (Å²) in [7, 11) is 0.454. The second-order valence-electron chi connectivity index (χ2n) is 11.7. The Morgan fingerprint density at radius 3 is 2.42 bits per heavy atom. The zero-order chi connectivity index (χ0) is 28.1. The Kier molecular flexibility index (Phi) is 6.67. The van der Waals surface area contributed by atoms with Crippen LogP contribution in [0.1, 0.15) is 32.3 Å². The molecule has 208 valence electrons. The predicted octanol–water partition coefficient (Wildman–Crippen LogP) is 5.39. The summed E-state index contributed by atoms with van der Waals surface area (Å²) in [5.74, 6) is 0.604. The highest BCUT2D eigenvalue weighted by Crippen LogP contribution is 2.44. The average Bonchev–Trinajstić information content (AvgIpc) is 3.23. The first-order valence-electron chi connectivity index (χ1n) is 13.8. The molecule has 6 rings (SSSR count). The van der Waals surface area contributed by atoms with Crippen molar-refractivity contribution >= 4 is 43.8 Å². The van der Waals surface area contributed by atoms with Gasteiger partial charge >= 0.3 is 0 Å². The van der Waals surface area contributed by atoms with E-state index in [2.05, 4.69) is 77.3 Å². The van der Waals surface area contributed by atoms with Crippen molar-refractivity contribution in [3.63, 3.8) is 0 Å². The van der Waals surface area contributed by atoms with Gasteiger partial charge in [0.2, 0.25) is 0 Å². The van der Waals surface area contributed by atoms with E-state index in [0.717, 1.165) is 42.6 Å². The van der Waals surface area contributed by atoms with Gasteiger partial charge in [-0.2, -0.15) is 0 Å². The molecule has 1 fully saturated rings. The van der Waals surface area contributed by atoms with Crippen molar-refractivity contribution in [2.24, 2.45) is 0 Å². The maximum atomic E-state index is 14.1. The third-order valence-electron chi connectivity index (χ3n) is 8.28. The van der Waals surface area contributed by atoms with Crippen molar-refractivity contribution < 1.29 is 8.42 Å². The van der Waals surface area contributed by atoms with Crippen LogP contribution in [0.4, 0.5) is 22.9 Å². The standard InChI is InChI=1S/C31H36N6O2S/c1-31(2)21-37(40(38,39)28-9-5-7-22-8-6-16-32-30(22)28)27-19-29(33-20-26(27)31)34-23-10-12-25(13-11-23)36-17-14-24(15-18-36)35(3)4/h5-13,16,19-20,24H,14-15,17-18,21H2,1-4H3,(H,33,34). The van der Waals surface area contributed by atoms with E-state index >= 15 is 0 Å². The number of rotatable bonds is 6. The van der Waals surface area contributed by atoms with E-state index in [1.54, 1.807) is 24.5 Å². The van der Waals surface area contributed by atoms with Crippen molar-refractivity contribution in [1.82, 2.24) is 14.9 Å². The minimum atomic E-state index is -3.86. The quantitative estimate of drug-likeness (QED) is 0.341. The van der Waals surface area contributed by atoms with E-state index in [4.69, 9.17) is 0 Å². The Labute approximate surface area is 236 Å². The third-order valence-corrected chi connectivity index (χ3v) is 10.1. The van der Waals surface area contributed by atoms with Crippen molar-refractivity contribution in [2.45, 2.75) is 43.0 Å². The van der Waals surface area contributed by atoms with Gasteiger partial charge in [0.1, 0.15) is 10.7 Å². The van der Waals surface area contributed by atoms with Gasteiger partial charge in [-0.05, 0) is 63.3 Å². The number of para-hydroxylation sites is 1. The summed E-state index contributed by atoms with van der Waals surface area (Å²) in [6, 6.07) is 19.9. The highest BCUT2D eigenvalue weighted by Gasteiger charge is 2.42. The summed E-state index contributed by atoms with van der Waals surface area (Å²) in [5, 5.41) is 4.18. The molecule has 0 bridgehead atoms. The summed E-state index contributed by atoms with van der Waals surface area (Å²) >= 11 is 0. The van der Waals surface area contributed by atoms with Crippen LogP contribution in [0.3, 0.4) is 0 Å². The largest absolute Gasteiger partial charge is 0.371 e. The van der Waals surface area contributed by atoms with E-state index in [1.807, 2.05) is 24.3 Å². The van der Waals surface area contributed by atoms with Gasteiger partial charge in [-0.15, -0.1) is 0 Å². The molecule has 2 aliphatic heterocycles. The molecule has 0 spiro atoms. The number of hydrogen-bond donors (Lipinski definition) is 1. The summed E-state index contributed by atoms with van der Waals surface area (Å²) in [6.45, 7) is 6.54. The Morgan fingerprint density at radius 1 is 0.975 bits per heavy atom. The first-order chi connectivity index (χ1) is 19.1. The zero-order valence-electron chi connectivity index (χ0n) is 23.5. The molecule has 0 radical (unpaired) electrons. The number of sulfonamides is 1. The third kappa shape index (κ3) is 4.77. The number of nitrogens with one attached hydrogen (secondary N) is 1. The molecular weight excluding hydrogens is 520 g/mol. The SMILES string of the molecule is CN(C)C1CCN(c2ccc(Nc3cc4c(cn3)C(C)(C)CN4S(=O)(=O)c3cccc4cccnc34)cc2)CC1. The van der Waals surface area contributed by atoms with Crippen LogP contribution in [0, 0.1) is 0 Å². The lowest BCUT2D eigenvalue weighted by molar-refractivity contribution is 0.249. The van der Waals surface area contributed by atoms with Gasteiger partial charge in [0.25, 0.3) is 10.0 Å². The molecule has 2 aromatic heterocycles. The fourth-order valence-electron chi connectivity index (χ4n) is 5.93. The van der Waals surface area contributed by atoms with E-state index in [1.165, 1.54) is 9.99 Å². The lowest BCUT2D eigenvalue weighted by Crippen LogP contribution is -2.41. The van der Waals surface area contributed by atoms with Crippen LogP contribution in [-0.2, 0) is 15.4 Å². The van der Waals surface area contributed by atoms with Gasteiger partial charge in [0, 0.05) is 71.9 Å². The highest BCUT2D eigenvalue weighted by atomic mass is 32.2. The molecule has 2 aliphatic rings. The van der Waals surface area contributed by atoms with Gasteiger partial charge in [-0.1, -0.05) is 32.0 Å². The molecule has 0 unspecified atom stereocenters. The molecule has 1 saturated heterocycles. The molecule has 0 aliphatic carbocycles. The van der Waals surface area contributed by atoms with Gasteiger partial charge < -0.3 is 15.1 Å². The Balaban J connectivity index is 1.26. The molecule has 0 saturated carbocycles. The molecule has 4 aromatic rings. The molecule has 8 nitrogen and oxygen atoms in total. The summed E-state index contributed by atoms with van der Waals surface area (Å²) < 4.78 is 29.6. The molecule has 9 heteroatoms. The maximum absolute atomic E-state index is 14.1. The fraction of sp³-hybridized carbons (Fsp3) is 0.355. The normalized spacial score (nSPS) is 17.4. The number of aromatic nitrogens is 2. The monoisotopic (exact) mass is 556 g/mol. The minimum Gasteiger partial charge on any atom is -0.371 e. The molecule has 0 atom stereocenters. The molecule has 40 heavy (non-hydrogen) atoms. The van der Waals surface area contributed by atoms with Gasteiger partial charge in [-0.25, -0.2) is 13.4 Å². The predicted molar refractivity (Wildman–Crippen MR) is 162 cm³/mol. The Morgan fingerprint density at radius 2 is 1.70 bits per heavy atom. The number of nitrogens with zero attached hydrogens (tertiary/aromatic N) is 5. The van der Waals surface area contributed by atoms with E-state index < -0.39 is 10.0 Å². The van der Waals surface area contributed by atoms with Crippen LogP contribution in [0.15, 0.2) is 78.0 Å². The van der Waals surface area contributed by atoms with Crippen molar-refractivity contribution in [3.8, 4) is 0 Å². The Bertz CT molecular complexity index is 1640. The number of fused-ring (bicyclic) bond motifs is 2. The summed E-state index contributed by atoms with van der Waals surface area (Å²) in [6.07, 6.45) is 5.76. The maximum Gasteiger partial charge on any atom is 0.266 e. The van der Waals surface area contributed by atoms with E-state index in [-0.39, 0.29) is 10.3 Å². The van der Waals surface area contributed by atoms with Crippen LogP contribution in [-0.4, -0.2) is 63.1 Å². The fourth-order valence-corrected chi connectivity index (χ4v) is 7.74. The van der Waals surface area contributed by atoms with E-state index in [0.29, 0.717) is 29.6 Å². The first-order valence-corrected chi connectivity index (χ1v) is 15.2. The Hall–Kier alpha value is -3.69. The second-order valence-corrected chi connectivity index (χ2v) is 13.5. The van der Waals surface area contributed by atoms with Crippen LogP contribution < -0.4 is 14.5 Å². The number of hydrogen-bond acceptors (Lipinski definition) is 7. The van der Waals surface area contributed by atoms with Crippen molar-refractivity contribution in [3.05, 3.63) is 78.6 Å². The van der Waals surface area contributed by atoms with Crippen LogP contribution in [0.2, 0.25) is 0 Å². The number of benzene rings is 2. The molecule has 4 heterocycles. The zero-order valence-corrected chi connectivity index (χ0v) is 24.3. The number of pyridine rings is 2. The molecule has 0 amide bonds. The van der Waals surface area contributed by atoms with Crippen LogP contribution in [0.5, 0.6) is 0 Å². The topological polar surface area (TPSA) is 81.7 Å². The first kappa shape index (κ1) is 26.5. The van der Waals surface area contributed by atoms with E-state index in [9.17, 15) is 8.42 Å². The number of anilines is 4. The van der Waals surface area contributed by atoms with Crippen LogP contribution >= 0.6 is 0 Å². The van der Waals surface area contributed by atoms with Crippen molar-refractivity contribution in [1.29, 1.82) is 0 Å². The number of piperidine rings is 1. The van der Waals surface area contributed by atoms with Gasteiger partial charge in [-0.3, -0.25) is 9.29 Å². The lowest BCUT2D eigenvalue weighted by Gasteiger charge is -2.36. The lowest BCUT2D eigenvalue weighted by atomic mass is 9.88. The summed E-state index contributed by atoms with van der Waals surface area (Å²) in [4.78, 5) is 14.0. The molecular formula is C31H36N6O2S. The molecule has 1 N–H and O–H groups in total. The summed E-state index contributed by atoms with van der Waals surface area (Å²) in [5.41, 5.74) is 3.78. The van der Waals surface area contributed by atoms with Gasteiger partial charge in [0.05, 0.1) is 11.2 Å². The highest BCUT2D eigenvalue weighted by molar-refractivity contribution is 7.93. The van der Waals surface area contributed by atoms with Crippen molar-refractivity contribution in [2.75, 3.05) is 48.3 Å². The van der Waals surface area contributed by atoms with Gasteiger partial charge in [0.15, 0.2) is 0 Å². The smallest absolute Gasteiger partial charge is 0.266 e. The second kappa shape index (κ2) is 10.1. The minimum absolute atomic E-state index is 0.214. The molecule has 2 aromatic carbocycles. The average molecular weight is 557 g/mol.